The van der Waals surface area contributed by atoms with Crippen molar-refractivity contribution >= 4 is 11.6 Å². The molecule has 1 aliphatic carbocycles. The lowest BCUT2D eigenvalue weighted by molar-refractivity contribution is -0.129. The minimum Gasteiger partial charge on any atom is -0.492 e. The second-order valence-electron chi connectivity index (χ2n) is 8.68. The number of aliphatic hydroxyl groups is 1. The lowest BCUT2D eigenvalue weighted by Gasteiger charge is -2.24. The number of ether oxygens (including phenoxy) is 1. The lowest BCUT2D eigenvalue weighted by Crippen LogP contribution is -2.30. The molecule has 1 aromatic heterocycles. The number of carbonyl (C=O) groups excluding carboxylic acids is 1. The van der Waals surface area contributed by atoms with E-state index >= 15 is 0 Å². The van der Waals surface area contributed by atoms with Crippen LogP contribution in [-0.2, 0) is 11.2 Å². The van der Waals surface area contributed by atoms with Crippen LogP contribution in [0.5, 0.6) is 5.75 Å². The molecule has 168 valence electrons. The average molecular weight is 444 g/mol. The van der Waals surface area contributed by atoms with E-state index < -0.39 is 0 Å². The summed E-state index contributed by atoms with van der Waals surface area (Å²) in [7, 11) is 0. The largest absolute Gasteiger partial charge is 0.492 e. The first-order valence-electron chi connectivity index (χ1n) is 11.0. The molecule has 1 aliphatic heterocycles. The molecule has 3 aromatic rings. The lowest BCUT2D eigenvalue weighted by atomic mass is 10.0. The highest BCUT2D eigenvalue weighted by Crippen LogP contribution is 2.49. The molecule has 0 bridgehead atoms. The number of fused-ring (bicyclic) bond motifs is 3. The van der Waals surface area contributed by atoms with E-state index in [1.165, 1.54) is 0 Å². The summed E-state index contributed by atoms with van der Waals surface area (Å²) in [4.78, 5) is 22.4. The van der Waals surface area contributed by atoms with Crippen LogP contribution in [0.2, 0.25) is 0 Å². The van der Waals surface area contributed by atoms with Crippen molar-refractivity contribution in [3.63, 3.8) is 0 Å². The number of hydrogen-bond donors (Lipinski definition) is 1. The van der Waals surface area contributed by atoms with E-state index in [-0.39, 0.29) is 36.5 Å². The van der Waals surface area contributed by atoms with Crippen LogP contribution in [0.15, 0.2) is 40.9 Å². The van der Waals surface area contributed by atoms with Gasteiger partial charge in [0.1, 0.15) is 5.75 Å². The molecule has 1 saturated heterocycles. The molecule has 0 spiro atoms. The average Bonchev–Trinajstić information content (AvgIpc) is 3.48. The van der Waals surface area contributed by atoms with Gasteiger partial charge in [0.25, 0.3) is 0 Å². The van der Waals surface area contributed by atoms with Gasteiger partial charge >= 0.3 is 0 Å². The van der Waals surface area contributed by atoms with Crippen LogP contribution in [-0.4, -0.2) is 45.3 Å². The number of amides is 1. The van der Waals surface area contributed by atoms with Gasteiger partial charge in [-0.2, -0.15) is 4.98 Å². The minimum absolute atomic E-state index is 0.00714. The highest BCUT2D eigenvalue weighted by atomic mass is 16.5. The zero-order chi connectivity index (χ0) is 23.1. The van der Waals surface area contributed by atoms with E-state index in [2.05, 4.69) is 15.0 Å². The number of benzene rings is 2. The third-order valence-electron chi connectivity index (χ3n) is 6.24. The summed E-state index contributed by atoms with van der Waals surface area (Å²) in [5.74, 6) is 1.64. The first-order chi connectivity index (χ1) is 16.0. The second kappa shape index (κ2) is 8.34. The molecule has 8 heteroatoms. The SMILES string of the molecule is [C-]#[N+]c1cc(OC(C)C)ccc1-c1nc(-c2cccc3c2C[C@H]2CC(=O)N(CCO)[C@@H]32)no1. The molecule has 2 aromatic carbocycles. The summed E-state index contributed by atoms with van der Waals surface area (Å²) in [6.07, 6.45) is 1.24. The van der Waals surface area contributed by atoms with Crippen LogP contribution < -0.4 is 4.74 Å². The molecule has 5 rings (SSSR count). The molecule has 1 N–H and O–H groups in total. The highest BCUT2D eigenvalue weighted by molar-refractivity contribution is 5.81. The summed E-state index contributed by atoms with van der Waals surface area (Å²) < 4.78 is 11.2. The van der Waals surface area contributed by atoms with Crippen molar-refractivity contribution < 1.29 is 19.2 Å². The molecule has 1 fully saturated rings. The van der Waals surface area contributed by atoms with Crippen LogP contribution in [0, 0.1) is 12.5 Å². The molecule has 0 unspecified atom stereocenters. The van der Waals surface area contributed by atoms with Crippen LogP contribution in [0.4, 0.5) is 5.69 Å². The van der Waals surface area contributed by atoms with Crippen molar-refractivity contribution in [1.29, 1.82) is 0 Å². The topological polar surface area (TPSA) is 93.0 Å². The highest BCUT2D eigenvalue weighted by Gasteiger charge is 2.46. The Balaban J connectivity index is 1.49. The second-order valence-corrected chi connectivity index (χ2v) is 8.68. The van der Waals surface area contributed by atoms with Crippen LogP contribution in [0.25, 0.3) is 27.7 Å². The van der Waals surface area contributed by atoms with Gasteiger partial charge in [-0.25, -0.2) is 4.85 Å². The molecule has 8 nitrogen and oxygen atoms in total. The molecule has 2 heterocycles. The summed E-state index contributed by atoms with van der Waals surface area (Å²) in [6.45, 7) is 11.7. The van der Waals surface area contributed by atoms with Gasteiger partial charge in [0.05, 0.1) is 25.3 Å². The van der Waals surface area contributed by atoms with E-state index in [0.717, 1.165) is 23.1 Å². The number of likely N-dealkylation sites (tertiary alicyclic amines) is 1. The zero-order valence-corrected chi connectivity index (χ0v) is 18.5. The maximum atomic E-state index is 12.4. The quantitative estimate of drug-likeness (QED) is 0.574. The number of aliphatic hydroxyl groups excluding tert-OH is 1. The van der Waals surface area contributed by atoms with E-state index in [4.69, 9.17) is 15.8 Å². The molecule has 33 heavy (non-hydrogen) atoms. The fourth-order valence-electron chi connectivity index (χ4n) is 4.99. The normalized spacial score (nSPS) is 19.0. The summed E-state index contributed by atoms with van der Waals surface area (Å²) in [6, 6.07) is 11.2. The van der Waals surface area contributed by atoms with E-state index in [1.807, 2.05) is 32.0 Å². The fourth-order valence-corrected chi connectivity index (χ4v) is 4.99. The van der Waals surface area contributed by atoms with Crippen LogP contribution in [0.3, 0.4) is 0 Å². The maximum absolute atomic E-state index is 12.4. The maximum Gasteiger partial charge on any atom is 0.247 e. The minimum atomic E-state index is -0.0530. The number of aromatic nitrogens is 2. The smallest absolute Gasteiger partial charge is 0.247 e. The third-order valence-corrected chi connectivity index (χ3v) is 6.24. The Morgan fingerprint density at radius 2 is 2.12 bits per heavy atom. The van der Waals surface area contributed by atoms with Gasteiger partial charge in [0.2, 0.25) is 23.3 Å². The van der Waals surface area contributed by atoms with Gasteiger partial charge in [-0.3, -0.25) is 4.79 Å². The van der Waals surface area contributed by atoms with Crippen molar-refractivity contribution in [3.8, 4) is 28.6 Å². The molecular weight excluding hydrogens is 420 g/mol. The number of β-amino-alcohol motifs (C(OH)–C–C–N with tert-alkyl or cyclic N) is 1. The zero-order valence-electron chi connectivity index (χ0n) is 18.5. The standard InChI is InChI=1S/C25H24N4O4/c1-14(2)32-16-7-8-19(21(13-16)26-3)25-27-24(28-33-25)18-6-4-5-17-20(18)11-15-12-22(31)29(9-10-30)23(15)17/h4-8,13-15,23,30H,9-12H2,1-2H3/t15-,23+/m0/s1. The van der Waals surface area contributed by atoms with Crippen molar-refractivity contribution in [3.05, 3.63) is 58.9 Å². The summed E-state index contributed by atoms with van der Waals surface area (Å²) in [5.41, 5.74) is 4.01. The number of hydrogen-bond acceptors (Lipinski definition) is 6. The first kappa shape index (κ1) is 21.2. The fraction of sp³-hybridized carbons (Fsp3) is 0.360. The molecule has 2 atom stereocenters. The number of rotatable bonds is 6. The summed E-state index contributed by atoms with van der Waals surface area (Å²) >= 11 is 0. The van der Waals surface area contributed by atoms with Crippen molar-refractivity contribution in [2.75, 3.05) is 13.2 Å². The molecule has 0 radical (unpaired) electrons. The molecular formula is C25H24N4O4. The summed E-state index contributed by atoms with van der Waals surface area (Å²) in [5, 5.41) is 13.6. The van der Waals surface area contributed by atoms with Gasteiger partial charge in [-0.15, -0.1) is 0 Å². The van der Waals surface area contributed by atoms with Gasteiger partial charge in [0, 0.05) is 24.1 Å². The van der Waals surface area contributed by atoms with Gasteiger partial charge < -0.3 is 19.3 Å². The molecule has 1 amide bonds. The van der Waals surface area contributed by atoms with E-state index in [0.29, 0.717) is 35.8 Å². The van der Waals surface area contributed by atoms with Gasteiger partial charge in [-0.05, 0) is 49.4 Å². The Kier molecular flexibility index (Phi) is 5.35. The van der Waals surface area contributed by atoms with Crippen LogP contribution >= 0.6 is 0 Å². The Labute approximate surface area is 191 Å². The Hall–Kier alpha value is -3.70. The predicted molar refractivity (Wildman–Crippen MR) is 121 cm³/mol. The van der Waals surface area contributed by atoms with E-state index in [9.17, 15) is 9.90 Å². The van der Waals surface area contributed by atoms with Crippen molar-refractivity contribution in [1.82, 2.24) is 15.0 Å². The Bertz CT molecular complexity index is 1260. The first-order valence-corrected chi connectivity index (χ1v) is 11.0. The predicted octanol–water partition coefficient (Wildman–Crippen LogP) is 4.18. The number of nitrogens with zero attached hydrogens (tertiary/aromatic N) is 4. The van der Waals surface area contributed by atoms with E-state index in [1.54, 1.807) is 23.1 Å². The Morgan fingerprint density at radius 3 is 2.88 bits per heavy atom. The van der Waals surface area contributed by atoms with Gasteiger partial charge in [-0.1, -0.05) is 29.4 Å². The number of carbonyl (C=O) groups is 1. The van der Waals surface area contributed by atoms with Crippen molar-refractivity contribution in [2.45, 2.75) is 38.8 Å². The van der Waals surface area contributed by atoms with Crippen molar-refractivity contribution in [2.24, 2.45) is 5.92 Å². The monoisotopic (exact) mass is 444 g/mol. The third kappa shape index (κ3) is 3.64. The molecule has 0 saturated carbocycles. The molecule has 2 aliphatic rings. The van der Waals surface area contributed by atoms with Gasteiger partial charge in [0.15, 0.2) is 0 Å². The van der Waals surface area contributed by atoms with Crippen LogP contribution in [0.1, 0.15) is 37.4 Å². The Morgan fingerprint density at radius 1 is 1.27 bits per heavy atom.